The first-order valence-electron chi connectivity index (χ1n) is 8.46. The Labute approximate surface area is 150 Å². The van der Waals surface area contributed by atoms with Gasteiger partial charge in [-0.3, -0.25) is 19.0 Å². The Bertz CT molecular complexity index is 1110. The van der Waals surface area contributed by atoms with Crippen molar-refractivity contribution >= 4 is 28.3 Å². The topological polar surface area (TPSA) is 81.1 Å². The van der Waals surface area contributed by atoms with E-state index in [2.05, 4.69) is 10.3 Å². The number of hydrogen-bond donors (Lipinski definition) is 1. The molecule has 2 aromatic carbocycles. The van der Waals surface area contributed by atoms with Gasteiger partial charge in [0, 0.05) is 12.6 Å². The van der Waals surface area contributed by atoms with Crippen molar-refractivity contribution in [1.82, 2.24) is 9.55 Å². The zero-order valence-corrected chi connectivity index (χ0v) is 15.1. The smallest absolute Gasteiger partial charge is 0.266 e. The van der Waals surface area contributed by atoms with E-state index in [1.807, 2.05) is 26.8 Å². The highest BCUT2D eigenvalue weighted by Gasteiger charge is 2.30. The molecule has 0 atom stereocenters. The van der Waals surface area contributed by atoms with Crippen molar-refractivity contribution < 1.29 is 9.59 Å². The van der Waals surface area contributed by atoms with Crippen molar-refractivity contribution in [3.05, 3.63) is 63.7 Å². The molecule has 1 aliphatic heterocycles. The summed E-state index contributed by atoms with van der Waals surface area (Å²) >= 11 is 0. The van der Waals surface area contributed by atoms with Crippen LogP contribution in [0.25, 0.3) is 16.6 Å². The number of aryl methyl sites for hydroxylation is 1. The molecule has 26 heavy (non-hydrogen) atoms. The van der Waals surface area contributed by atoms with Gasteiger partial charge in [-0.05, 0) is 37.3 Å². The summed E-state index contributed by atoms with van der Waals surface area (Å²) in [6, 6.07) is 10.2. The predicted octanol–water partition coefficient (Wildman–Crippen LogP) is 3.22. The summed E-state index contributed by atoms with van der Waals surface area (Å²) in [4.78, 5) is 41.0. The highest BCUT2D eigenvalue weighted by Crippen LogP contribution is 2.27. The molecular weight excluding hydrogens is 330 g/mol. The number of aromatic nitrogens is 2. The van der Waals surface area contributed by atoms with Crippen molar-refractivity contribution in [2.24, 2.45) is 0 Å². The Morgan fingerprint density at radius 2 is 1.81 bits per heavy atom. The Morgan fingerprint density at radius 1 is 1.08 bits per heavy atom. The second kappa shape index (κ2) is 6.55. The number of benzene rings is 2. The molecule has 0 bridgehead atoms. The highest BCUT2D eigenvalue weighted by atomic mass is 16.2. The molecule has 0 saturated heterocycles. The summed E-state index contributed by atoms with van der Waals surface area (Å²) < 4.78 is 1.34. The highest BCUT2D eigenvalue weighted by molar-refractivity contribution is 6.13. The molecule has 1 N–H and O–H groups in total. The van der Waals surface area contributed by atoms with Crippen LogP contribution in [-0.2, 0) is 4.79 Å². The van der Waals surface area contributed by atoms with E-state index in [0.717, 1.165) is 5.56 Å². The van der Waals surface area contributed by atoms with E-state index < -0.39 is 0 Å². The lowest BCUT2D eigenvalue weighted by Crippen LogP contribution is -2.21. The monoisotopic (exact) mass is 349 g/mol. The van der Waals surface area contributed by atoms with E-state index >= 15 is 0 Å². The maximum atomic E-state index is 12.9. The van der Waals surface area contributed by atoms with Crippen molar-refractivity contribution in [3.63, 3.8) is 0 Å². The lowest BCUT2D eigenvalue weighted by atomic mass is 10.1. The van der Waals surface area contributed by atoms with Crippen LogP contribution >= 0.6 is 0 Å². The fraction of sp³-hybridized carbons (Fsp3) is 0.200. The van der Waals surface area contributed by atoms with Crippen molar-refractivity contribution in [1.29, 1.82) is 0 Å². The SMILES string of the molecule is CC.CC(=O)Nc1ccc2nc3n(c(=O)c2c1)-c1ccc(C)cc1C3=O. The van der Waals surface area contributed by atoms with Gasteiger partial charge in [0.15, 0.2) is 5.82 Å². The molecule has 0 radical (unpaired) electrons. The third-order valence-electron chi connectivity index (χ3n) is 4.03. The van der Waals surface area contributed by atoms with Crippen molar-refractivity contribution in [2.45, 2.75) is 27.7 Å². The second-order valence-corrected chi connectivity index (χ2v) is 5.84. The molecule has 0 fully saturated rings. The summed E-state index contributed by atoms with van der Waals surface area (Å²) in [7, 11) is 0. The number of ketones is 1. The summed E-state index contributed by atoms with van der Waals surface area (Å²) in [5.41, 5.74) is 2.60. The quantitative estimate of drug-likeness (QED) is 0.572. The van der Waals surface area contributed by atoms with E-state index in [1.54, 1.807) is 30.3 Å². The summed E-state index contributed by atoms with van der Waals surface area (Å²) in [6.45, 7) is 7.29. The molecule has 1 amide bonds. The van der Waals surface area contributed by atoms with Crippen LogP contribution < -0.4 is 10.9 Å². The van der Waals surface area contributed by atoms with Gasteiger partial charge < -0.3 is 5.32 Å². The first-order chi connectivity index (χ1) is 12.5. The van der Waals surface area contributed by atoms with Gasteiger partial charge in [0.25, 0.3) is 5.56 Å². The standard InChI is InChI=1S/C18H13N3O3.C2H6/c1-9-3-6-15-13(7-9)16(23)17-20-14-5-4-11(19-10(2)22)8-12(14)18(24)21(15)17;1-2/h3-8H,1-2H3,(H,19,22);1-2H3. The summed E-state index contributed by atoms with van der Waals surface area (Å²) in [6.07, 6.45) is 0. The van der Waals surface area contributed by atoms with E-state index in [0.29, 0.717) is 27.8 Å². The van der Waals surface area contributed by atoms with Gasteiger partial charge in [0.1, 0.15) is 0 Å². The molecule has 0 saturated carbocycles. The maximum absolute atomic E-state index is 12.9. The largest absolute Gasteiger partial charge is 0.326 e. The molecule has 6 nitrogen and oxygen atoms in total. The van der Waals surface area contributed by atoms with E-state index in [-0.39, 0.29) is 23.1 Å². The Balaban J connectivity index is 0.000000948. The predicted molar refractivity (Wildman–Crippen MR) is 101 cm³/mol. The molecule has 4 rings (SSSR count). The molecule has 2 heterocycles. The summed E-state index contributed by atoms with van der Waals surface area (Å²) in [5.74, 6) is -0.349. The van der Waals surface area contributed by atoms with Crippen LogP contribution in [0.3, 0.4) is 0 Å². The Morgan fingerprint density at radius 3 is 2.50 bits per heavy atom. The molecule has 0 unspecified atom stereocenters. The van der Waals surface area contributed by atoms with E-state index in [4.69, 9.17) is 0 Å². The van der Waals surface area contributed by atoms with Crippen molar-refractivity contribution in [3.8, 4) is 5.69 Å². The van der Waals surface area contributed by atoms with Gasteiger partial charge in [-0.2, -0.15) is 0 Å². The average molecular weight is 349 g/mol. The fourth-order valence-corrected chi connectivity index (χ4v) is 2.99. The van der Waals surface area contributed by atoms with Crippen molar-refractivity contribution in [2.75, 3.05) is 5.32 Å². The number of fused-ring (bicyclic) bond motifs is 4. The van der Waals surface area contributed by atoms with Crippen LogP contribution in [0.2, 0.25) is 0 Å². The number of amides is 1. The number of nitrogens with one attached hydrogen (secondary N) is 1. The van der Waals surface area contributed by atoms with Crippen LogP contribution in [0.15, 0.2) is 41.2 Å². The zero-order valence-electron chi connectivity index (χ0n) is 15.1. The lowest BCUT2D eigenvalue weighted by Gasteiger charge is -2.07. The number of rotatable bonds is 1. The average Bonchev–Trinajstić information content (AvgIpc) is 2.89. The third kappa shape index (κ3) is 2.69. The number of carbonyl (C=O) groups excluding carboxylic acids is 2. The van der Waals surface area contributed by atoms with Gasteiger partial charge in [0.2, 0.25) is 11.7 Å². The third-order valence-corrected chi connectivity index (χ3v) is 4.03. The van der Waals surface area contributed by atoms with Gasteiger partial charge in [-0.15, -0.1) is 0 Å². The molecular formula is C20H19N3O3. The molecule has 3 aromatic rings. The lowest BCUT2D eigenvalue weighted by molar-refractivity contribution is -0.114. The van der Waals surface area contributed by atoms with E-state index in [9.17, 15) is 14.4 Å². The first kappa shape index (κ1) is 17.5. The molecule has 0 spiro atoms. The molecule has 1 aromatic heterocycles. The minimum atomic E-state index is -0.321. The van der Waals surface area contributed by atoms with Gasteiger partial charge in [0.05, 0.1) is 22.2 Å². The summed E-state index contributed by atoms with van der Waals surface area (Å²) in [5, 5.41) is 3.00. The van der Waals surface area contributed by atoms with Crippen LogP contribution in [0.5, 0.6) is 0 Å². The minimum absolute atomic E-state index is 0.125. The Kier molecular flexibility index (Phi) is 4.42. The van der Waals surface area contributed by atoms with E-state index in [1.165, 1.54) is 11.5 Å². The van der Waals surface area contributed by atoms with Crippen LogP contribution in [-0.4, -0.2) is 21.2 Å². The van der Waals surface area contributed by atoms with Gasteiger partial charge in [-0.1, -0.05) is 25.5 Å². The number of anilines is 1. The van der Waals surface area contributed by atoms with Crippen LogP contribution in [0.4, 0.5) is 5.69 Å². The fourth-order valence-electron chi connectivity index (χ4n) is 2.99. The molecule has 6 heteroatoms. The minimum Gasteiger partial charge on any atom is -0.326 e. The number of hydrogen-bond acceptors (Lipinski definition) is 4. The van der Waals surface area contributed by atoms with Gasteiger partial charge >= 0.3 is 0 Å². The second-order valence-electron chi connectivity index (χ2n) is 5.84. The molecule has 132 valence electrons. The number of nitrogens with zero attached hydrogens (tertiary/aromatic N) is 2. The molecule has 0 aliphatic carbocycles. The molecule has 1 aliphatic rings. The van der Waals surface area contributed by atoms with Gasteiger partial charge in [-0.25, -0.2) is 4.98 Å². The maximum Gasteiger partial charge on any atom is 0.266 e. The van der Waals surface area contributed by atoms with Crippen LogP contribution in [0, 0.1) is 6.92 Å². The number of carbonyl (C=O) groups is 2. The Hall–Kier alpha value is -3.28. The van der Waals surface area contributed by atoms with Crippen LogP contribution in [0.1, 0.15) is 42.5 Å². The normalized spacial score (nSPS) is 11.5. The first-order valence-corrected chi connectivity index (χ1v) is 8.46. The zero-order chi connectivity index (χ0) is 19.0.